The molecule has 3 N–H and O–H groups in total. The van der Waals surface area contributed by atoms with Gasteiger partial charge in [0.2, 0.25) is 5.91 Å². The summed E-state index contributed by atoms with van der Waals surface area (Å²) in [5.74, 6) is -1.42. The van der Waals surface area contributed by atoms with Crippen LogP contribution in [0.15, 0.2) is 103 Å². The molecular weight excluding hydrogens is 492 g/mol. The summed E-state index contributed by atoms with van der Waals surface area (Å²) < 4.78 is 5.68. The third-order valence-electron chi connectivity index (χ3n) is 6.81. The van der Waals surface area contributed by atoms with Gasteiger partial charge in [-0.15, -0.1) is 0 Å². The van der Waals surface area contributed by atoms with Gasteiger partial charge in [0, 0.05) is 18.0 Å². The van der Waals surface area contributed by atoms with Crippen LogP contribution in [0.25, 0.3) is 11.1 Å². The molecule has 0 fully saturated rings. The first-order chi connectivity index (χ1) is 19.0. The second kappa shape index (κ2) is 11.6. The number of carbonyl (C=O) groups is 3. The molecule has 1 aliphatic rings. The summed E-state index contributed by atoms with van der Waals surface area (Å²) >= 11 is 0. The van der Waals surface area contributed by atoms with E-state index in [9.17, 15) is 14.4 Å². The van der Waals surface area contributed by atoms with Crippen molar-refractivity contribution in [2.45, 2.75) is 24.8 Å². The van der Waals surface area contributed by atoms with Crippen molar-refractivity contribution in [2.75, 3.05) is 11.9 Å². The van der Waals surface area contributed by atoms with Crippen LogP contribution in [0, 0.1) is 0 Å². The number of anilines is 1. The van der Waals surface area contributed by atoms with Gasteiger partial charge in [0.05, 0.1) is 6.42 Å². The van der Waals surface area contributed by atoms with Gasteiger partial charge < -0.3 is 20.5 Å². The van der Waals surface area contributed by atoms with Crippen molar-refractivity contribution in [3.8, 4) is 11.1 Å². The maximum atomic E-state index is 13.2. The fraction of sp³-hybridized carbons (Fsp3) is 0.156. The third-order valence-corrected chi connectivity index (χ3v) is 6.81. The minimum Gasteiger partial charge on any atom is -0.481 e. The molecule has 0 spiro atoms. The van der Waals surface area contributed by atoms with Crippen LogP contribution in [0.1, 0.15) is 28.2 Å². The number of carboxylic acid groups (broad SMARTS) is 1. The van der Waals surface area contributed by atoms with E-state index < -0.39 is 24.0 Å². The summed E-state index contributed by atoms with van der Waals surface area (Å²) in [5.41, 5.74) is 6.50. The number of benzene rings is 4. The molecule has 0 unspecified atom stereocenters. The Kier molecular flexibility index (Phi) is 7.68. The Labute approximate surface area is 226 Å². The first kappa shape index (κ1) is 25.7. The number of nitrogens with one attached hydrogen (secondary N) is 2. The van der Waals surface area contributed by atoms with Crippen LogP contribution in [0.2, 0.25) is 0 Å². The largest absolute Gasteiger partial charge is 0.481 e. The van der Waals surface area contributed by atoms with Gasteiger partial charge in [-0.3, -0.25) is 9.59 Å². The Balaban J connectivity index is 1.27. The van der Waals surface area contributed by atoms with Crippen LogP contribution >= 0.6 is 0 Å². The number of hydrogen-bond donors (Lipinski definition) is 3. The number of carboxylic acids is 1. The van der Waals surface area contributed by atoms with E-state index in [0.29, 0.717) is 11.3 Å². The number of rotatable bonds is 9. The Hall–Kier alpha value is -4.91. The van der Waals surface area contributed by atoms with Crippen molar-refractivity contribution in [2.24, 2.45) is 0 Å². The Bertz CT molecular complexity index is 1440. The number of amides is 2. The summed E-state index contributed by atoms with van der Waals surface area (Å²) in [6.07, 6.45) is -0.507. The first-order valence-electron chi connectivity index (χ1n) is 12.7. The molecule has 0 aromatic heterocycles. The molecule has 0 saturated carbocycles. The monoisotopic (exact) mass is 520 g/mol. The normalized spacial score (nSPS) is 12.6. The number of aliphatic carboxylic acids is 1. The van der Waals surface area contributed by atoms with E-state index >= 15 is 0 Å². The Morgan fingerprint density at radius 2 is 1.33 bits per heavy atom. The number of hydrogen-bond acceptors (Lipinski definition) is 4. The molecule has 39 heavy (non-hydrogen) atoms. The van der Waals surface area contributed by atoms with Crippen LogP contribution in [0.3, 0.4) is 0 Å². The molecule has 0 saturated heterocycles. The van der Waals surface area contributed by atoms with Gasteiger partial charge in [-0.1, -0.05) is 91.0 Å². The van der Waals surface area contributed by atoms with Gasteiger partial charge in [0.1, 0.15) is 12.6 Å². The lowest BCUT2D eigenvalue weighted by atomic mass is 9.98. The fourth-order valence-corrected chi connectivity index (χ4v) is 4.95. The van der Waals surface area contributed by atoms with Gasteiger partial charge >= 0.3 is 12.1 Å². The zero-order valence-electron chi connectivity index (χ0n) is 21.2. The molecule has 0 aliphatic heterocycles. The topological polar surface area (TPSA) is 105 Å². The molecule has 2 amide bonds. The molecule has 7 nitrogen and oxygen atoms in total. The zero-order valence-corrected chi connectivity index (χ0v) is 21.2. The summed E-state index contributed by atoms with van der Waals surface area (Å²) in [4.78, 5) is 37.1. The van der Waals surface area contributed by atoms with Gasteiger partial charge in [-0.25, -0.2) is 4.79 Å². The van der Waals surface area contributed by atoms with Crippen molar-refractivity contribution in [3.05, 3.63) is 125 Å². The van der Waals surface area contributed by atoms with Crippen LogP contribution < -0.4 is 10.6 Å². The zero-order chi connectivity index (χ0) is 27.2. The average molecular weight is 521 g/mol. The summed E-state index contributed by atoms with van der Waals surface area (Å²) in [5, 5.41) is 14.5. The lowest BCUT2D eigenvalue weighted by molar-refractivity contribution is -0.136. The predicted octanol–water partition coefficient (Wildman–Crippen LogP) is 5.40. The Morgan fingerprint density at radius 3 is 1.95 bits per heavy atom. The van der Waals surface area contributed by atoms with Crippen LogP contribution in [-0.2, 0) is 27.2 Å². The van der Waals surface area contributed by atoms with E-state index in [1.54, 1.807) is 24.3 Å². The minimum absolute atomic E-state index is 0.0890. The van der Waals surface area contributed by atoms with E-state index in [-0.39, 0.29) is 25.4 Å². The minimum atomic E-state index is -0.929. The Morgan fingerprint density at radius 1 is 0.744 bits per heavy atom. The molecule has 5 rings (SSSR count). The summed E-state index contributed by atoms with van der Waals surface area (Å²) in [6.45, 7) is 0.143. The highest BCUT2D eigenvalue weighted by atomic mass is 16.5. The summed E-state index contributed by atoms with van der Waals surface area (Å²) in [7, 11) is 0. The third kappa shape index (κ3) is 6.15. The molecule has 7 heteroatoms. The van der Waals surface area contributed by atoms with Crippen LogP contribution in [0.5, 0.6) is 0 Å². The van der Waals surface area contributed by atoms with Gasteiger partial charge in [0.25, 0.3) is 0 Å². The second-order valence-corrected chi connectivity index (χ2v) is 9.47. The summed E-state index contributed by atoms with van der Waals surface area (Å²) in [6, 6.07) is 31.3. The molecule has 0 bridgehead atoms. The number of ether oxygens (including phenoxy) is 1. The molecule has 0 heterocycles. The highest BCUT2D eigenvalue weighted by molar-refractivity contribution is 5.96. The fourth-order valence-electron chi connectivity index (χ4n) is 4.95. The molecule has 4 aromatic rings. The predicted molar refractivity (Wildman–Crippen MR) is 149 cm³/mol. The van der Waals surface area contributed by atoms with Crippen molar-refractivity contribution >= 4 is 23.7 Å². The van der Waals surface area contributed by atoms with E-state index in [1.807, 2.05) is 54.6 Å². The van der Waals surface area contributed by atoms with Crippen LogP contribution in [-0.4, -0.2) is 35.7 Å². The lowest BCUT2D eigenvalue weighted by Gasteiger charge is -2.20. The van der Waals surface area contributed by atoms with Crippen LogP contribution in [0.4, 0.5) is 10.5 Å². The highest BCUT2D eigenvalue weighted by Crippen LogP contribution is 2.44. The molecule has 0 radical (unpaired) electrons. The number of carbonyl (C=O) groups excluding carboxylic acids is 2. The quantitative estimate of drug-likeness (QED) is 0.274. The maximum Gasteiger partial charge on any atom is 0.407 e. The molecule has 4 aromatic carbocycles. The van der Waals surface area contributed by atoms with E-state index in [1.165, 1.54) is 0 Å². The van der Waals surface area contributed by atoms with Crippen molar-refractivity contribution < 1.29 is 24.2 Å². The number of fused-ring (bicyclic) bond motifs is 3. The molecule has 196 valence electrons. The molecule has 1 atom stereocenters. The first-order valence-corrected chi connectivity index (χ1v) is 12.7. The highest BCUT2D eigenvalue weighted by Gasteiger charge is 2.30. The van der Waals surface area contributed by atoms with E-state index in [4.69, 9.17) is 9.84 Å². The second-order valence-electron chi connectivity index (χ2n) is 9.47. The van der Waals surface area contributed by atoms with Gasteiger partial charge in [-0.05, 0) is 45.5 Å². The number of alkyl carbamates (subject to hydrolysis) is 1. The molecular formula is C32H28N2O5. The van der Waals surface area contributed by atoms with Gasteiger partial charge in [-0.2, -0.15) is 0 Å². The van der Waals surface area contributed by atoms with Gasteiger partial charge in [0.15, 0.2) is 0 Å². The van der Waals surface area contributed by atoms with Crippen molar-refractivity contribution in [1.82, 2.24) is 5.32 Å². The van der Waals surface area contributed by atoms with E-state index in [0.717, 1.165) is 27.8 Å². The lowest BCUT2D eigenvalue weighted by Crippen LogP contribution is -2.45. The van der Waals surface area contributed by atoms with Crippen molar-refractivity contribution in [3.63, 3.8) is 0 Å². The smallest absolute Gasteiger partial charge is 0.407 e. The average Bonchev–Trinajstić information content (AvgIpc) is 3.26. The SMILES string of the molecule is O=C(O)Cc1ccc(NC(=O)[C@H](Cc2ccccc2)NC(=O)OCC2c3ccccc3-c3ccccc32)cc1. The van der Waals surface area contributed by atoms with E-state index in [2.05, 4.69) is 34.9 Å². The molecule has 1 aliphatic carbocycles. The standard InChI is InChI=1S/C32H28N2O5/c35-30(36)19-22-14-16-23(17-15-22)33-31(37)29(18-21-8-2-1-3-9-21)34-32(38)39-20-28-26-12-6-4-10-24(26)25-11-5-7-13-27(25)28/h1-17,28-29H,18-20H2,(H,33,37)(H,34,38)(H,35,36)/t29-/m0/s1. The van der Waals surface area contributed by atoms with Crippen molar-refractivity contribution in [1.29, 1.82) is 0 Å². The maximum absolute atomic E-state index is 13.2.